The van der Waals surface area contributed by atoms with Crippen molar-refractivity contribution >= 4 is 45.7 Å². The van der Waals surface area contributed by atoms with Gasteiger partial charge < -0.3 is 29.2 Å². The van der Waals surface area contributed by atoms with Crippen LogP contribution >= 0.6 is 11.3 Å². The van der Waals surface area contributed by atoms with Crippen LogP contribution in [0.15, 0.2) is 60.1 Å². The van der Waals surface area contributed by atoms with E-state index in [9.17, 15) is 14.4 Å². The Morgan fingerprint density at radius 2 is 1.85 bits per heavy atom. The minimum atomic E-state index is -3.07. The van der Waals surface area contributed by atoms with Crippen molar-refractivity contribution in [3.05, 3.63) is 87.5 Å². The van der Waals surface area contributed by atoms with E-state index in [1.807, 2.05) is 68.7 Å². The number of amides is 2. The summed E-state index contributed by atoms with van der Waals surface area (Å²) in [7, 11) is 3.73. The van der Waals surface area contributed by atoms with Crippen molar-refractivity contribution in [1.82, 2.24) is 35.2 Å². The molecule has 10 rings (SSSR count). The highest BCUT2D eigenvalue weighted by Gasteiger charge is 2.46. The zero-order valence-corrected chi connectivity index (χ0v) is 39.1. The second-order valence-electron chi connectivity index (χ2n) is 19.8. The zero-order chi connectivity index (χ0) is 46.1. The van der Waals surface area contributed by atoms with Crippen LogP contribution in [0, 0.1) is 11.3 Å². The third-order valence-corrected chi connectivity index (χ3v) is 15.0. The van der Waals surface area contributed by atoms with Crippen molar-refractivity contribution in [3.63, 3.8) is 0 Å². The molecular formula is C50H58F2N8O5S. The molecule has 6 bridgehead atoms. The predicted molar refractivity (Wildman–Crippen MR) is 249 cm³/mol. The Kier molecular flexibility index (Phi) is 11.8. The number of anilines is 1. The van der Waals surface area contributed by atoms with E-state index < -0.39 is 48.5 Å². The van der Waals surface area contributed by atoms with Gasteiger partial charge in [0.25, 0.3) is 11.8 Å². The van der Waals surface area contributed by atoms with E-state index in [1.54, 1.807) is 11.7 Å². The summed E-state index contributed by atoms with van der Waals surface area (Å²) in [5.74, 6) is -4.33. The van der Waals surface area contributed by atoms with Crippen molar-refractivity contribution in [2.24, 2.45) is 11.3 Å². The lowest BCUT2D eigenvalue weighted by Gasteiger charge is -2.35. The maximum absolute atomic E-state index is 16.4. The first kappa shape index (κ1) is 44.5. The monoisotopic (exact) mass is 920 g/mol. The number of aromatic nitrogens is 3. The molecule has 16 heteroatoms. The number of methoxy groups -OCH3 is 1. The van der Waals surface area contributed by atoms with Crippen molar-refractivity contribution in [2.75, 3.05) is 58.4 Å². The molecule has 0 unspecified atom stereocenters. The van der Waals surface area contributed by atoms with Crippen LogP contribution in [0.2, 0.25) is 0 Å². The number of fused-ring (bicyclic) bond motifs is 6. The van der Waals surface area contributed by atoms with E-state index in [4.69, 9.17) is 19.4 Å². The number of piperazine rings is 1. The largest absolute Gasteiger partial charge is 0.464 e. The highest BCUT2D eigenvalue weighted by Crippen LogP contribution is 2.49. The normalized spacial score (nSPS) is 24.7. The lowest BCUT2D eigenvalue weighted by molar-refractivity contribution is -0.155. The molecule has 5 aliphatic rings. The number of hydrazine groups is 1. The van der Waals surface area contributed by atoms with E-state index in [2.05, 4.69) is 39.7 Å². The van der Waals surface area contributed by atoms with Crippen LogP contribution in [-0.2, 0) is 49.7 Å². The van der Waals surface area contributed by atoms with Crippen LogP contribution in [0.25, 0.3) is 33.4 Å². The fourth-order valence-electron chi connectivity index (χ4n) is 10.4. The lowest BCUT2D eigenvalue weighted by Crippen LogP contribution is -2.60. The summed E-state index contributed by atoms with van der Waals surface area (Å²) in [4.78, 5) is 56.9. The molecule has 348 valence electrons. The van der Waals surface area contributed by atoms with Gasteiger partial charge in [0.1, 0.15) is 12.1 Å². The van der Waals surface area contributed by atoms with Crippen LogP contribution in [0.1, 0.15) is 79.4 Å². The van der Waals surface area contributed by atoms with Gasteiger partial charge in [-0.25, -0.2) is 19.2 Å². The summed E-state index contributed by atoms with van der Waals surface area (Å²) in [5, 5.41) is 7.86. The van der Waals surface area contributed by atoms with Gasteiger partial charge in [-0.1, -0.05) is 44.2 Å². The molecule has 1 aliphatic carbocycles. The number of nitrogens with one attached hydrogen (secondary N) is 2. The SMILES string of the molecule is CO[C@@H](C)c1ncc(N2CCN(C)CC2)cc1-c1c2c3cc(cc4c3n1CC(F)(F)C4)-c1csc(n1)C[C@H](NC(=O)[C@H]1C[C@@H]1c1ccccc1)C(=O)N1CCC[C@H](N1)C(=O)OCC(C)(C)C2. The summed E-state index contributed by atoms with van der Waals surface area (Å²) in [6, 6.07) is 14.1. The molecule has 2 saturated heterocycles. The van der Waals surface area contributed by atoms with Gasteiger partial charge in [-0.3, -0.25) is 24.4 Å². The Hall–Kier alpha value is -5.29. The number of halogens is 2. The van der Waals surface area contributed by atoms with Crippen LogP contribution in [0.5, 0.6) is 0 Å². The highest BCUT2D eigenvalue weighted by atomic mass is 32.1. The van der Waals surface area contributed by atoms with E-state index >= 15 is 8.78 Å². The quantitative estimate of drug-likeness (QED) is 0.166. The highest BCUT2D eigenvalue weighted by molar-refractivity contribution is 7.10. The molecule has 2 N–H and O–H groups in total. The Bertz CT molecular complexity index is 2680. The molecule has 2 amide bonds. The Morgan fingerprint density at radius 1 is 1.06 bits per heavy atom. The van der Waals surface area contributed by atoms with Crippen LogP contribution < -0.4 is 15.6 Å². The van der Waals surface area contributed by atoms with E-state index in [-0.39, 0.29) is 36.7 Å². The predicted octanol–water partition coefficient (Wildman–Crippen LogP) is 6.93. The van der Waals surface area contributed by atoms with Gasteiger partial charge in [0.15, 0.2) is 0 Å². The molecular weight excluding hydrogens is 863 g/mol. The number of ether oxygens (including phenoxy) is 2. The number of carbonyl (C=O) groups is 3. The second-order valence-corrected chi connectivity index (χ2v) is 20.7. The van der Waals surface area contributed by atoms with E-state index in [0.717, 1.165) is 59.5 Å². The third kappa shape index (κ3) is 8.72. The summed E-state index contributed by atoms with van der Waals surface area (Å²) in [6.07, 6.45) is 3.17. The topological polar surface area (TPSA) is 134 Å². The molecule has 66 heavy (non-hydrogen) atoms. The molecule has 1 saturated carbocycles. The minimum absolute atomic E-state index is 0.0335. The lowest BCUT2D eigenvalue weighted by atomic mass is 9.84. The average molecular weight is 921 g/mol. The van der Waals surface area contributed by atoms with Crippen LogP contribution in [0.4, 0.5) is 14.5 Å². The Morgan fingerprint density at radius 3 is 2.62 bits per heavy atom. The maximum atomic E-state index is 16.4. The molecule has 13 nitrogen and oxygen atoms in total. The van der Waals surface area contributed by atoms with Crippen molar-refractivity contribution in [1.29, 1.82) is 0 Å². The number of benzene rings is 2. The molecule has 0 spiro atoms. The molecule has 3 aromatic heterocycles. The first-order valence-electron chi connectivity index (χ1n) is 23.2. The molecule has 5 aromatic rings. The molecule has 3 fully saturated rings. The van der Waals surface area contributed by atoms with Gasteiger partial charge in [-0.15, -0.1) is 11.3 Å². The third-order valence-electron chi connectivity index (χ3n) is 14.1. The molecule has 0 radical (unpaired) electrons. The fraction of sp³-hybridized carbons (Fsp3) is 0.500. The number of carbonyl (C=O) groups excluding carboxylic acids is 3. The smallest absolute Gasteiger partial charge is 0.324 e. The summed E-state index contributed by atoms with van der Waals surface area (Å²) in [6.45, 7) is 9.21. The Balaban J connectivity index is 1.10. The van der Waals surface area contributed by atoms with E-state index in [1.165, 1.54) is 16.3 Å². The number of rotatable bonds is 7. The van der Waals surface area contributed by atoms with Crippen LogP contribution in [-0.4, -0.2) is 114 Å². The molecule has 4 aliphatic heterocycles. The summed E-state index contributed by atoms with van der Waals surface area (Å²) >= 11 is 1.36. The molecule has 5 atom stereocenters. The second kappa shape index (κ2) is 17.4. The standard InChI is InChI=1S/C50H58F2N8O5S/c1-29(64-5)43-37(20-33(25-53-43)58-16-14-57(4)15-17-58)45-38-24-49(2,3)28-65-48(63)39-12-9-13-60(56-39)47(62)40(55-46(61)36-21-34(36)30-10-7-6-8-11-30)22-42-54-41(26-66-42)31-18-32-23-50(51,52)27-59(45)44(32)35(38)19-31/h6-8,10-11,18-20,25-26,29,34,36,39-40,56H,9,12-17,21-24,27-28H2,1-5H3,(H,55,61)/t29-,34+,36-,39-,40-/m0/s1. The number of hydrogen-bond donors (Lipinski definition) is 2. The zero-order valence-electron chi connectivity index (χ0n) is 38.2. The minimum Gasteiger partial charge on any atom is -0.464 e. The van der Waals surface area contributed by atoms with Gasteiger partial charge in [-0.05, 0) is 80.5 Å². The summed E-state index contributed by atoms with van der Waals surface area (Å²) in [5.41, 5.74) is 9.89. The number of thiazole rings is 1. The number of likely N-dealkylation sites (N-methyl/N-ethyl adjacent to an activating group) is 1. The number of cyclic esters (lactones) is 1. The van der Waals surface area contributed by atoms with Crippen LogP contribution in [0.3, 0.4) is 0 Å². The Labute approximate surface area is 387 Å². The first-order chi connectivity index (χ1) is 31.6. The number of nitrogens with zero attached hydrogens (tertiary/aromatic N) is 6. The van der Waals surface area contributed by atoms with Crippen molar-refractivity contribution in [3.8, 4) is 22.5 Å². The summed E-state index contributed by atoms with van der Waals surface area (Å²) < 4.78 is 46.6. The van der Waals surface area contributed by atoms with Gasteiger partial charge in [0, 0.05) is 85.9 Å². The van der Waals surface area contributed by atoms with Crippen molar-refractivity contribution < 1.29 is 32.6 Å². The number of pyridine rings is 1. The average Bonchev–Trinajstić information content (AvgIpc) is 3.89. The number of esters is 1. The van der Waals surface area contributed by atoms with E-state index in [0.29, 0.717) is 65.4 Å². The maximum Gasteiger partial charge on any atom is 0.324 e. The molecule has 7 heterocycles. The first-order valence-corrected chi connectivity index (χ1v) is 24.1. The number of hydrogen-bond acceptors (Lipinski definition) is 11. The van der Waals surface area contributed by atoms with Gasteiger partial charge in [-0.2, -0.15) is 0 Å². The van der Waals surface area contributed by atoms with Gasteiger partial charge in [0.2, 0.25) is 5.91 Å². The van der Waals surface area contributed by atoms with Gasteiger partial charge in [0.05, 0.1) is 58.7 Å². The number of alkyl halides is 2. The fourth-order valence-corrected chi connectivity index (χ4v) is 11.3. The van der Waals surface area contributed by atoms with Gasteiger partial charge >= 0.3 is 5.97 Å². The molecule has 2 aromatic carbocycles. The van der Waals surface area contributed by atoms with Crippen molar-refractivity contribution in [2.45, 2.75) is 95.9 Å².